The second kappa shape index (κ2) is 7.15. The maximum absolute atomic E-state index is 11.5. The first-order valence-corrected chi connectivity index (χ1v) is 9.36. The molecular formula is C18H23NO3S. The Morgan fingerprint density at radius 1 is 1.13 bits per heavy atom. The number of hydrogen-bond donors (Lipinski definition) is 1. The Bertz CT molecular complexity index is 767. The molecule has 0 radical (unpaired) electrons. The quantitative estimate of drug-likeness (QED) is 0.881. The zero-order chi connectivity index (χ0) is 17.0. The van der Waals surface area contributed by atoms with Crippen LogP contribution in [0, 0.1) is 6.92 Å². The predicted molar refractivity (Wildman–Crippen MR) is 92.5 cm³/mol. The Kier molecular flexibility index (Phi) is 5.44. The highest BCUT2D eigenvalue weighted by Crippen LogP contribution is 2.19. The third kappa shape index (κ3) is 4.81. The smallest absolute Gasteiger partial charge is 0.175 e. The van der Waals surface area contributed by atoms with Crippen LogP contribution in [-0.2, 0) is 16.4 Å². The fourth-order valence-corrected chi connectivity index (χ4v) is 3.07. The summed E-state index contributed by atoms with van der Waals surface area (Å²) in [4.78, 5) is 0.344. The summed E-state index contributed by atoms with van der Waals surface area (Å²) >= 11 is 0. The molecule has 0 aliphatic rings. The molecule has 124 valence electrons. The van der Waals surface area contributed by atoms with Crippen LogP contribution in [0.1, 0.15) is 29.7 Å². The highest BCUT2D eigenvalue weighted by atomic mass is 32.2. The summed E-state index contributed by atoms with van der Waals surface area (Å²) in [6, 6.07) is 13.3. The molecule has 0 amide bonds. The van der Waals surface area contributed by atoms with E-state index in [2.05, 4.69) is 18.3 Å². The van der Waals surface area contributed by atoms with Gasteiger partial charge in [0.05, 0.1) is 12.0 Å². The SMILES string of the molecule is COc1cc(C)cc(CN[C@H](C)c2ccc(S(C)(=O)=O)cc2)c1. The first-order valence-electron chi connectivity index (χ1n) is 7.47. The van der Waals surface area contributed by atoms with Gasteiger partial charge in [0.2, 0.25) is 0 Å². The molecule has 0 saturated carbocycles. The van der Waals surface area contributed by atoms with Crippen molar-refractivity contribution >= 4 is 9.84 Å². The number of nitrogens with one attached hydrogen (secondary N) is 1. The van der Waals surface area contributed by atoms with Gasteiger partial charge in [-0.1, -0.05) is 18.2 Å². The molecule has 5 heteroatoms. The van der Waals surface area contributed by atoms with E-state index in [1.807, 2.05) is 31.2 Å². The minimum atomic E-state index is -3.15. The highest BCUT2D eigenvalue weighted by molar-refractivity contribution is 7.90. The summed E-state index contributed by atoms with van der Waals surface area (Å²) < 4.78 is 28.3. The number of aryl methyl sites for hydroxylation is 1. The van der Waals surface area contributed by atoms with Crippen molar-refractivity contribution in [1.29, 1.82) is 0 Å². The lowest BCUT2D eigenvalue weighted by molar-refractivity contribution is 0.413. The summed E-state index contributed by atoms with van der Waals surface area (Å²) in [5.74, 6) is 0.854. The Labute approximate surface area is 138 Å². The number of sulfone groups is 1. The van der Waals surface area contributed by atoms with Crippen LogP contribution in [0.3, 0.4) is 0 Å². The molecule has 0 aliphatic carbocycles. The zero-order valence-electron chi connectivity index (χ0n) is 14.0. The van der Waals surface area contributed by atoms with E-state index < -0.39 is 9.84 Å². The summed E-state index contributed by atoms with van der Waals surface area (Å²) in [5, 5.41) is 3.45. The monoisotopic (exact) mass is 333 g/mol. The number of methoxy groups -OCH3 is 1. The van der Waals surface area contributed by atoms with Crippen LogP contribution in [-0.4, -0.2) is 21.8 Å². The van der Waals surface area contributed by atoms with Gasteiger partial charge in [-0.25, -0.2) is 8.42 Å². The normalized spacial score (nSPS) is 12.9. The first kappa shape index (κ1) is 17.5. The molecule has 0 heterocycles. The standard InChI is InChI=1S/C18H23NO3S/c1-13-9-15(11-17(10-13)22-3)12-19-14(2)16-5-7-18(8-6-16)23(4,20)21/h5-11,14,19H,12H2,1-4H3/t14-/m1/s1. The molecule has 23 heavy (non-hydrogen) atoms. The summed E-state index contributed by atoms with van der Waals surface area (Å²) in [6.07, 6.45) is 1.22. The largest absolute Gasteiger partial charge is 0.497 e. The first-order chi connectivity index (χ1) is 10.8. The van der Waals surface area contributed by atoms with Crippen LogP contribution in [0.15, 0.2) is 47.4 Å². The highest BCUT2D eigenvalue weighted by Gasteiger charge is 2.09. The third-order valence-corrected chi connectivity index (χ3v) is 4.90. The Hall–Kier alpha value is -1.85. The Balaban J connectivity index is 2.05. The molecule has 0 bridgehead atoms. The molecule has 0 aromatic heterocycles. The van der Waals surface area contributed by atoms with Crippen molar-refractivity contribution in [2.45, 2.75) is 31.3 Å². The van der Waals surface area contributed by atoms with Gasteiger partial charge in [0.15, 0.2) is 9.84 Å². The molecule has 4 nitrogen and oxygen atoms in total. The van der Waals surface area contributed by atoms with Gasteiger partial charge in [-0.15, -0.1) is 0 Å². The van der Waals surface area contributed by atoms with Crippen LogP contribution >= 0.6 is 0 Å². The van der Waals surface area contributed by atoms with Crippen molar-refractivity contribution < 1.29 is 13.2 Å². The number of hydrogen-bond acceptors (Lipinski definition) is 4. The van der Waals surface area contributed by atoms with Gasteiger partial charge in [0.1, 0.15) is 5.75 Å². The molecule has 0 fully saturated rings. The van der Waals surface area contributed by atoms with E-state index in [1.54, 1.807) is 19.2 Å². The van der Waals surface area contributed by atoms with Crippen molar-refractivity contribution in [3.8, 4) is 5.75 Å². The summed E-state index contributed by atoms with van der Waals surface area (Å²) in [6.45, 7) is 4.81. The predicted octanol–water partition coefficient (Wildman–Crippen LogP) is 3.26. The van der Waals surface area contributed by atoms with Crippen LogP contribution in [0.25, 0.3) is 0 Å². The average molecular weight is 333 g/mol. The van der Waals surface area contributed by atoms with E-state index in [4.69, 9.17) is 4.74 Å². The average Bonchev–Trinajstić information content (AvgIpc) is 2.51. The maximum atomic E-state index is 11.5. The lowest BCUT2D eigenvalue weighted by atomic mass is 10.1. The summed E-state index contributed by atoms with van der Waals surface area (Å²) in [5.41, 5.74) is 3.37. The van der Waals surface area contributed by atoms with Crippen molar-refractivity contribution in [2.75, 3.05) is 13.4 Å². The third-order valence-electron chi connectivity index (χ3n) is 3.77. The number of benzene rings is 2. The lowest BCUT2D eigenvalue weighted by Crippen LogP contribution is -2.18. The number of ether oxygens (including phenoxy) is 1. The van der Waals surface area contributed by atoms with Gasteiger partial charge in [-0.2, -0.15) is 0 Å². The second-order valence-electron chi connectivity index (χ2n) is 5.80. The second-order valence-corrected chi connectivity index (χ2v) is 7.82. The van der Waals surface area contributed by atoms with Crippen molar-refractivity contribution in [3.63, 3.8) is 0 Å². The molecule has 2 aromatic rings. The molecule has 2 aromatic carbocycles. The fourth-order valence-electron chi connectivity index (χ4n) is 2.44. The zero-order valence-corrected chi connectivity index (χ0v) is 14.8. The van der Waals surface area contributed by atoms with Crippen LogP contribution in [0.2, 0.25) is 0 Å². The van der Waals surface area contributed by atoms with E-state index in [9.17, 15) is 8.42 Å². The molecular weight excluding hydrogens is 310 g/mol. The molecule has 0 unspecified atom stereocenters. The van der Waals surface area contributed by atoms with Crippen LogP contribution in [0.5, 0.6) is 5.75 Å². The Morgan fingerprint density at radius 2 is 1.78 bits per heavy atom. The fraction of sp³-hybridized carbons (Fsp3) is 0.333. The van der Waals surface area contributed by atoms with E-state index in [1.165, 1.54) is 6.26 Å². The molecule has 0 aliphatic heterocycles. The van der Waals surface area contributed by atoms with E-state index in [0.717, 1.165) is 22.4 Å². The van der Waals surface area contributed by atoms with Crippen molar-refractivity contribution in [3.05, 3.63) is 59.2 Å². The van der Waals surface area contributed by atoms with E-state index in [-0.39, 0.29) is 6.04 Å². The lowest BCUT2D eigenvalue weighted by Gasteiger charge is -2.15. The topological polar surface area (TPSA) is 55.4 Å². The van der Waals surface area contributed by atoms with Crippen molar-refractivity contribution in [2.24, 2.45) is 0 Å². The summed E-state index contributed by atoms with van der Waals surface area (Å²) in [7, 11) is -1.48. The minimum absolute atomic E-state index is 0.120. The molecule has 0 saturated heterocycles. The minimum Gasteiger partial charge on any atom is -0.497 e. The molecule has 2 rings (SSSR count). The van der Waals surface area contributed by atoms with Gasteiger partial charge in [0, 0.05) is 18.8 Å². The van der Waals surface area contributed by atoms with Gasteiger partial charge < -0.3 is 10.1 Å². The van der Waals surface area contributed by atoms with E-state index in [0.29, 0.717) is 11.4 Å². The van der Waals surface area contributed by atoms with Crippen molar-refractivity contribution in [1.82, 2.24) is 5.32 Å². The molecule has 1 N–H and O–H groups in total. The maximum Gasteiger partial charge on any atom is 0.175 e. The van der Waals surface area contributed by atoms with Gasteiger partial charge in [-0.3, -0.25) is 0 Å². The molecule has 0 spiro atoms. The van der Waals surface area contributed by atoms with Crippen LogP contribution in [0.4, 0.5) is 0 Å². The number of rotatable bonds is 6. The van der Waals surface area contributed by atoms with Gasteiger partial charge in [-0.05, 0) is 54.8 Å². The van der Waals surface area contributed by atoms with E-state index >= 15 is 0 Å². The van der Waals surface area contributed by atoms with Gasteiger partial charge >= 0.3 is 0 Å². The molecule has 1 atom stereocenters. The Morgan fingerprint density at radius 3 is 2.35 bits per heavy atom. The van der Waals surface area contributed by atoms with Gasteiger partial charge in [0.25, 0.3) is 0 Å². The van der Waals surface area contributed by atoms with Crippen LogP contribution < -0.4 is 10.1 Å².